The molecule has 2 aromatic rings. The van der Waals surface area contributed by atoms with Gasteiger partial charge in [-0.2, -0.15) is 5.26 Å². The van der Waals surface area contributed by atoms with E-state index in [0.717, 1.165) is 4.90 Å². The third-order valence-electron chi connectivity index (χ3n) is 2.83. The lowest BCUT2D eigenvalue weighted by Crippen LogP contribution is -2.28. The molecule has 0 spiro atoms. The molecular formula is C15H12F2N4O2. The molecule has 23 heavy (non-hydrogen) atoms. The third-order valence-corrected chi connectivity index (χ3v) is 2.83. The van der Waals surface area contributed by atoms with Crippen LogP contribution in [-0.4, -0.2) is 36.0 Å². The van der Waals surface area contributed by atoms with Crippen LogP contribution in [0.15, 0.2) is 36.5 Å². The van der Waals surface area contributed by atoms with Crippen molar-refractivity contribution in [3.8, 4) is 11.9 Å². The number of amides is 1. The molecule has 0 N–H and O–H groups in total. The highest BCUT2D eigenvalue weighted by Crippen LogP contribution is 2.17. The van der Waals surface area contributed by atoms with Gasteiger partial charge in [0.1, 0.15) is 11.8 Å². The molecule has 0 bridgehead atoms. The van der Waals surface area contributed by atoms with Gasteiger partial charge in [-0.1, -0.05) is 6.07 Å². The summed E-state index contributed by atoms with van der Waals surface area (Å²) in [5, 5.41) is 9.05. The summed E-state index contributed by atoms with van der Waals surface area (Å²) in [6.45, 7) is -0.806. The second-order valence-electron chi connectivity index (χ2n) is 4.41. The minimum atomic E-state index is -2.63. The van der Waals surface area contributed by atoms with Gasteiger partial charge in [-0.25, -0.2) is 18.7 Å². The molecular weight excluding hydrogens is 306 g/mol. The summed E-state index contributed by atoms with van der Waals surface area (Å²) in [5.74, 6) is -0.436. The van der Waals surface area contributed by atoms with Gasteiger partial charge in [0.25, 0.3) is 12.3 Å². The van der Waals surface area contributed by atoms with Crippen LogP contribution >= 0.6 is 0 Å². The molecule has 0 aromatic carbocycles. The van der Waals surface area contributed by atoms with E-state index < -0.39 is 18.9 Å². The van der Waals surface area contributed by atoms with Crippen molar-refractivity contribution >= 4 is 11.7 Å². The van der Waals surface area contributed by atoms with Gasteiger partial charge < -0.3 is 4.74 Å². The first kappa shape index (κ1) is 16.3. The van der Waals surface area contributed by atoms with Crippen molar-refractivity contribution in [1.29, 1.82) is 5.26 Å². The largest absolute Gasteiger partial charge is 0.472 e. The predicted octanol–water partition coefficient (Wildman–Crippen LogP) is 2.27. The molecule has 0 atom stereocenters. The van der Waals surface area contributed by atoms with E-state index in [9.17, 15) is 13.6 Å². The molecule has 2 aromatic heterocycles. The summed E-state index contributed by atoms with van der Waals surface area (Å²) < 4.78 is 29.1. The van der Waals surface area contributed by atoms with Crippen molar-refractivity contribution in [3.05, 3.63) is 47.8 Å². The van der Waals surface area contributed by atoms with Gasteiger partial charge in [-0.05, 0) is 18.2 Å². The zero-order valence-electron chi connectivity index (χ0n) is 12.1. The van der Waals surface area contributed by atoms with E-state index in [1.54, 1.807) is 6.07 Å². The zero-order chi connectivity index (χ0) is 16.8. The maximum absolute atomic E-state index is 12.4. The van der Waals surface area contributed by atoms with Gasteiger partial charge >= 0.3 is 0 Å². The second-order valence-corrected chi connectivity index (χ2v) is 4.41. The number of carbonyl (C=O) groups excluding carboxylic acids is 1. The molecule has 2 rings (SSSR count). The number of anilines is 1. The van der Waals surface area contributed by atoms with Gasteiger partial charge in [0.05, 0.1) is 5.56 Å². The molecule has 0 unspecified atom stereocenters. The summed E-state index contributed by atoms with van der Waals surface area (Å²) in [4.78, 5) is 21.5. The average Bonchev–Trinajstić information content (AvgIpc) is 2.58. The van der Waals surface area contributed by atoms with Crippen molar-refractivity contribution in [3.63, 3.8) is 0 Å². The van der Waals surface area contributed by atoms with Gasteiger partial charge in [0.2, 0.25) is 5.88 Å². The van der Waals surface area contributed by atoms with Crippen LogP contribution in [0.3, 0.4) is 0 Å². The highest BCUT2D eigenvalue weighted by molar-refractivity contribution is 6.04. The third kappa shape index (κ3) is 3.97. The Bertz CT molecular complexity index is 746. The van der Waals surface area contributed by atoms with Crippen LogP contribution in [-0.2, 0) is 0 Å². The molecule has 6 nitrogen and oxygen atoms in total. The monoisotopic (exact) mass is 318 g/mol. The molecule has 0 saturated carbocycles. The van der Waals surface area contributed by atoms with E-state index in [2.05, 4.69) is 9.97 Å². The first-order valence-electron chi connectivity index (χ1n) is 6.54. The molecule has 8 heteroatoms. The number of carbonyl (C=O) groups is 1. The Balaban J connectivity index is 2.23. The quantitative estimate of drug-likeness (QED) is 0.845. The van der Waals surface area contributed by atoms with E-state index in [-0.39, 0.29) is 23.0 Å². The van der Waals surface area contributed by atoms with Crippen molar-refractivity contribution in [2.45, 2.75) is 6.43 Å². The SMILES string of the molecule is CN(C(=O)c1cccc(OCC(F)F)n1)c1ncccc1C#N. The number of alkyl halides is 2. The fourth-order valence-electron chi connectivity index (χ4n) is 1.78. The maximum Gasteiger partial charge on any atom is 0.277 e. The fourth-order valence-corrected chi connectivity index (χ4v) is 1.78. The zero-order valence-corrected chi connectivity index (χ0v) is 12.1. The van der Waals surface area contributed by atoms with Crippen LogP contribution in [0.5, 0.6) is 5.88 Å². The Kier molecular flexibility index (Phi) is 5.15. The minimum Gasteiger partial charge on any atom is -0.472 e. The lowest BCUT2D eigenvalue weighted by atomic mass is 10.2. The first-order chi connectivity index (χ1) is 11.0. The topological polar surface area (TPSA) is 79.1 Å². The lowest BCUT2D eigenvalue weighted by Gasteiger charge is -2.17. The van der Waals surface area contributed by atoms with E-state index in [1.165, 1.54) is 37.5 Å². The smallest absolute Gasteiger partial charge is 0.277 e. The van der Waals surface area contributed by atoms with Crippen LogP contribution in [0.25, 0.3) is 0 Å². The van der Waals surface area contributed by atoms with Crippen LogP contribution in [0.4, 0.5) is 14.6 Å². The van der Waals surface area contributed by atoms with E-state index in [4.69, 9.17) is 10.00 Å². The molecule has 0 aliphatic carbocycles. The number of nitriles is 1. The van der Waals surface area contributed by atoms with Crippen molar-refractivity contribution < 1.29 is 18.3 Å². The number of pyridine rings is 2. The van der Waals surface area contributed by atoms with Crippen LogP contribution in [0.2, 0.25) is 0 Å². The van der Waals surface area contributed by atoms with Gasteiger partial charge in [0, 0.05) is 19.3 Å². The van der Waals surface area contributed by atoms with E-state index in [1.807, 2.05) is 6.07 Å². The van der Waals surface area contributed by atoms with E-state index in [0.29, 0.717) is 0 Å². The number of halogens is 2. The molecule has 118 valence electrons. The van der Waals surface area contributed by atoms with Crippen molar-refractivity contribution in [2.24, 2.45) is 0 Å². The normalized spacial score (nSPS) is 10.2. The lowest BCUT2D eigenvalue weighted by molar-refractivity contribution is 0.0793. The van der Waals surface area contributed by atoms with Crippen LogP contribution < -0.4 is 9.64 Å². The number of aromatic nitrogens is 2. The summed E-state index contributed by atoms with van der Waals surface area (Å²) in [7, 11) is 1.44. The Hall–Kier alpha value is -3.08. The molecule has 0 fully saturated rings. The molecule has 2 heterocycles. The average molecular weight is 318 g/mol. The van der Waals surface area contributed by atoms with E-state index >= 15 is 0 Å². The summed E-state index contributed by atoms with van der Waals surface area (Å²) in [6.07, 6.45) is -1.18. The standard InChI is InChI=1S/C15H12F2N4O2/c1-21(14-10(8-18)4-3-7-19-14)15(22)11-5-2-6-13(20-11)23-9-12(16)17/h2-7,12H,9H2,1H3. The Labute approximate surface area is 131 Å². The van der Waals surface area contributed by atoms with Gasteiger partial charge in [-0.15, -0.1) is 0 Å². The number of hydrogen-bond acceptors (Lipinski definition) is 5. The van der Waals surface area contributed by atoms with Crippen LogP contribution in [0.1, 0.15) is 16.1 Å². The van der Waals surface area contributed by atoms with Crippen molar-refractivity contribution in [1.82, 2.24) is 9.97 Å². The highest BCUT2D eigenvalue weighted by atomic mass is 19.3. The molecule has 0 saturated heterocycles. The number of nitrogens with zero attached hydrogens (tertiary/aromatic N) is 4. The number of hydrogen-bond donors (Lipinski definition) is 0. The first-order valence-corrected chi connectivity index (χ1v) is 6.54. The Morgan fingerprint density at radius 1 is 1.39 bits per heavy atom. The molecule has 1 amide bonds. The highest BCUT2D eigenvalue weighted by Gasteiger charge is 2.19. The molecule has 0 aliphatic rings. The number of rotatable bonds is 5. The van der Waals surface area contributed by atoms with Gasteiger partial charge in [-0.3, -0.25) is 9.69 Å². The number of ether oxygens (including phenoxy) is 1. The Morgan fingerprint density at radius 2 is 2.17 bits per heavy atom. The van der Waals surface area contributed by atoms with Gasteiger partial charge in [0.15, 0.2) is 12.4 Å². The predicted molar refractivity (Wildman–Crippen MR) is 77.4 cm³/mol. The maximum atomic E-state index is 12.4. The molecule has 0 aliphatic heterocycles. The Morgan fingerprint density at radius 3 is 2.87 bits per heavy atom. The van der Waals surface area contributed by atoms with Crippen molar-refractivity contribution in [2.75, 3.05) is 18.6 Å². The minimum absolute atomic E-state index is 0.00573. The summed E-state index contributed by atoms with van der Waals surface area (Å²) in [5.41, 5.74) is 0.224. The molecule has 0 radical (unpaired) electrons. The fraction of sp³-hybridized carbons (Fsp3) is 0.200. The van der Waals surface area contributed by atoms with Crippen LogP contribution in [0, 0.1) is 11.3 Å². The summed E-state index contributed by atoms with van der Waals surface area (Å²) in [6, 6.07) is 9.32. The second kappa shape index (κ2) is 7.26. The summed E-state index contributed by atoms with van der Waals surface area (Å²) >= 11 is 0.